The second-order valence-electron chi connectivity index (χ2n) is 4.04. The summed E-state index contributed by atoms with van der Waals surface area (Å²) in [6.07, 6.45) is 2.26. The molecule has 0 atom stereocenters. The van der Waals surface area contributed by atoms with E-state index in [0.717, 1.165) is 25.1 Å². The predicted molar refractivity (Wildman–Crippen MR) is 70.4 cm³/mol. The molecular weight excluding hydrogens is 216 g/mol. The number of nitrogens with two attached hydrogens (primary N) is 1. The van der Waals surface area contributed by atoms with E-state index in [0.29, 0.717) is 11.3 Å². The zero-order valence-electron chi connectivity index (χ0n) is 10.7. The minimum absolute atomic E-state index is 0.362. The van der Waals surface area contributed by atoms with Crippen LogP contribution in [0.1, 0.15) is 30.1 Å². The first-order valence-electron chi connectivity index (χ1n) is 5.79. The van der Waals surface area contributed by atoms with E-state index in [9.17, 15) is 4.79 Å². The molecule has 1 rings (SSSR count). The van der Waals surface area contributed by atoms with E-state index in [1.54, 1.807) is 12.1 Å². The lowest BCUT2D eigenvalue weighted by Crippen LogP contribution is -2.19. The van der Waals surface area contributed by atoms with E-state index < -0.39 is 0 Å². The van der Waals surface area contributed by atoms with Gasteiger partial charge in [-0.25, -0.2) is 4.79 Å². The minimum atomic E-state index is -0.362. The van der Waals surface area contributed by atoms with Crippen LogP contribution in [0, 0.1) is 0 Å². The largest absolute Gasteiger partial charge is 0.465 e. The molecule has 0 amide bonds. The second kappa shape index (κ2) is 6.13. The molecule has 0 spiro atoms. The highest BCUT2D eigenvalue weighted by atomic mass is 16.5. The van der Waals surface area contributed by atoms with Crippen LogP contribution in [0.25, 0.3) is 0 Å². The van der Waals surface area contributed by atoms with Crippen LogP contribution < -0.4 is 10.6 Å². The lowest BCUT2D eigenvalue weighted by atomic mass is 10.1. The first-order chi connectivity index (χ1) is 8.10. The number of anilines is 2. The third-order valence-corrected chi connectivity index (χ3v) is 2.71. The van der Waals surface area contributed by atoms with Gasteiger partial charge >= 0.3 is 5.97 Å². The predicted octanol–water partition coefficient (Wildman–Crippen LogP) is 2.29. The van der Waals surface area contributed by atoms with Gasteiger partial charge in [0, 0.05) is 13.6 Å². The molecule has 0 aromatic heterocycles. The fraction of sp³-hybridized carbons (Fsp3) is 0.462. The standard InChI is InChI=1S/C13H20N2O2/c1-4-5-8-15(2)12-7-6-10(9-11(12)14)13(16)17-3/h6-7,9H,4-5,8,14H2,1-3H3. The molecule has 0 bridgehead atoms. The average Bonchev–Trinajstić information content (AvgIpc) is 2.34. The molecular formula is C13H20N2O2. The van der Waals surface area contributed by atoms with Gasteiger partial charge in [-0.15, -0.1) is 0 Å². The zero-order chi connectivity index (χ0) is 12.8. The van der Waals surface area contributed by atoms with Crippen molar-refractivity contribution in [1.29, 1.82) is 0 Å². The number of methoxy groups -OCH3 is 1. The smallest absolute Gasteiger partial charge is 0.337 e. The third kappa shape index (κ3) is 3.37. The Morgan fingerprint density at radius 3 is 2.71 bits per heavy atom. The van der Waals surface area contributed by atoms with Crippen LogP contribution in [0.15, 0.2) is 18.2 Å². The summed E-state index contributed by atoms with van der Waals surface area (Å²) < 4.78 is 4.65. The number of esters is 1. The maximum absolute atomic E-state index is 11.3. The van der Waals surface area contributed by atoms with Gasteiger partial charge in [0.2, 0.25) is 0 Å². The van der Waals surface area contributed by atoms with Crippen LogP contribution in [0.4, 0.5) is 11.4 Å². The summed E-state index contributed by atoms with van der Waals surface area (Å²) in [6.45, 7) is 3.11. The number of nitrogens with zero attached hydrogens (tertiary/aromatic N) is 1. The van der Waals surface area contributed by atoms with Crippen molar-refractivity contribution in [2.75, 3.05) is 31.3 Å². The van der Waals surface area contributed by atoms with Gasteiger partial charge in [0.05, 0.1) is 24.0 Å². The van der Waals surface area contributed by atoms with Crippen molar-refractivity contribution in [2.24, 2.45) is 0 Å². The molecule has 0 unspecified atom stereocenters. The highest BCUT2D eigenvalue weighted by molar-refractivity contribution is 5.91. The summed E-state index contributed by atoms with van der Waals surface area (Å²) in [5.41, 5.74) is 7.97. The number of rotatable bonds is 5. The Morgan fingerprint density at radius 1 is 1.47 bits per heavy atom. The van der Waals surface area contributed by atoms with Crippen molar-refractivity contribution < 1.29 is 9.53 Å². The number of hydrogen-bond acceptors (Lipinski definition) is 4. The summed E-state index contributed by atoms with van der Waals surface area (Å²) in [5.74, 6) is -0.362. The normalized spacial score (nSPS) is 10.1. The van der Waals surface area contributed by atoms with Crippen LogP contribution in [-0.2, 0) is 4.74 Å². The molecule has 1 aromatic carbocycles. The Labute approximate surface area is 102 Å². The van der Waals surface area contributed by atoms with Crippen molar-refractivity contribution in [3.63, 3.8) is 0 Å². The summed E-state index contributed by atoms with van der Waals surface area (Å²) in [6, 6.07) is 5.25. The van der Waals surface area contributed by atoms with E-state index in [-0.39, 0.29) is 5.97 Å². The molecule has 94 valence electrons. The Kier molecular flexibility index (Phi) is 4.82. The second-order valence-corrected chi connectivity index (χ2v) is 4.04. The van der Waals surface area contributed by atoms with Gasteiger partial charge in [-0.1, -0.05) is 13.3 Å². The fourth-order valence-electron chi connectivity index (χ4n) is 1.66. The van der Waals surface area contributed by atoms with Crippen molar-refractivity contribution in [2.45, 2.75) is 19.8 Å². The zero-order valence-corrected chi connectivity index (χ0v) is 10.7. The molecule has 4 heteroatoms. The summed E-state index contributed by atoms with van der Waals surface area (Å²) in [7, 11) is 3.36. The lowest BCUT2D eigenvalue weighted by molar-refractivity contribution is 0.0601. The Balaban J connectivity index is 2.85. The SMILES string of the molecule is CCCCN(C)c1ccc(C(=O)OC)cc1N. The Morgan fingerprint density at radius 2 is 2.18 bits per heavy atom. The van der Waals surface area contributed by atoms with E-state index in [4.69, 9.17) is 5.73 Å². The molecule has 0 saturated carbocycles. The molecule has 0 saturated heterocycles. The average molecular weight is 236 g/mol. The van der Waals surface area contributed by atoms with Crippen molar-refractivity contribution >= 4 is 17.3 Å². The number of unbranched alkanes of at least 4 members (excludes halogenated alkanes) is 1. The van der Waals surface area contributed by atoms with Crippen molar-refractivity contribution in [3.8, 4) is 0 Å². The van der Waals surface area contributed by atoms with E-state index in [1.165, 1.54) is 7.11 Å². The molecule has 0 heterocycles. The molecule has 0 aliphatic rings. The first kappa shape index (κ1) is 13.4. The van der Waals surface area contributed by atoms with E-state index in [1.807, 2.05) is 13.1 Å². The minimum Gasteiger partial charge on any atom is -0.465 e. The number of benzene rings is 1. The van der Waals surface area contributed by atoms with Gasteiger partial charge in [-0.05, 0) is 24.6 Å². The summed E-state index contributed by atoms with van der Waals surface area (Å²) >= 11 is 0. The van der Waals surface area contributed by atoms with E-state index in [2.05, 4.69) is 16.6 Å². The molecule has 0 aliphatic heterocycles. The number of carbonyl (C=O) groups excluding carboxylic acids is 1. The van der Waals surface area contributed by atoms with Gasteiger partial charge in [-0.2, -0.15) is 0 Å². The topological polar surface area (TPSA) is 55.6 Å². The van der Waals surface area contributed by atoms with Gasteiger partial charge < -0.3 is 15.4 Å². The number of hydrogen-bond donors (Lipinski definition) is 1. The van der Waals surface area contributed by atoms with Crippen molar-refractivity contribution in [1.82, 2.24) is 0 Å². The monoisotopic (exact) mass is 236 g/mol. The fourth-order valence-corrected chi connectivity index (χ4v) is 1.66. The maximum atomic E-state index is 11.3. The van der Waals surface area contributed by atoms with Crippen molar-refractivity contribution in [3.05, 3.63) is 23.8 Å². The number of ether oxygens (including phenoxy) is 1. The third-order valence-electron chi connectivity index (χ3n) is 2.71. The molecule has 0 fully saturated rings. The van der Waals surface area contributed by atoms with Crippen LogP contribution in [0.3, 0.4) is 0 Å². The first-order valence-corrected chi connectivity index (χ1v) is 5.79. The van der Waals surface area contributed by atoms with E-state index >= 15 is 0 Å². The lowest BCUT2D eigenvalue weighted by Gasteiger charge is -2.21. The highest BCUT2D eigenvalue weighted by Gasteiger charge is 2.10. The molecule has 0 aliphatic carbocycles. The number of nitrogen functional groups attached to an aromatic ring is 1. The van der Waals surface area contributed by atoms with Gasteiger partial charge in [0.1, 0.15) is 0 Å². The van der Waals surface area contributed by atoms with Crippen LogP contribution in [0.5, 0.6) is 0 Å². The molecule has 0 radical (unpaired) electrons. The van der Waals surface area contributed by atoms with Crippen LogP contribution >= 0.6 is 0 Å². The molecule has 17 heavy (non-hydrogen) atoms. The Hall–Kier alpha value is -1.71. The Bertz CT molecular complexity index is 391. The van der Waals surface area contributed by atoms with Crippen LogP contribution in [0.2, 0.25) is 0 Å². The van der Waals surface area contributed by atoms with Gasteiger partial charge in [-0.3, -0.25) is 0 Å². The number of carbonyl (C=O) groups is 1. The summed E-state index contributed by atoms with van der Waals surface area (Å²) in [5, 5.41) is 0. The quantitative estimate of drug-likeness (QED) is 0.629. The molecule has 4 nitrogen and oxygen atoms in total. The molecule has 1 aromatic rings. The maximum Gasteiger partial charge on any atom is 0.337 e. The van der Waals surface area contributed by atoms with Crippen LogP contribution in [-0.4, -0.2) is 26.7 Å². The van der Waals surface area contributed by atoms with Gasteiger partial charge in [0.15, 0.2) is 0 Å². The summed E-state index contributed by atoms with van der Waals surface area (Å²) in [4.78, 5) is 13.4. The van der Waals surface area contributed by atoms with Gasteiger partial charge in [0.25, 0.3) is 0 Å². The highest BCUT2D eigenvalue weighted by Crippen LogP contribution is 2.23. The molecule has 2 N–H and O–H groups in total.